The molecule has 1 saturated heterocycles. The fourth-order valence-electron chi connectivity index (χ4n) is 4.59. The number of nitrogens with zero attached hydrogens (tertiary/aromatic N) is 4. The summed E-state index contributed by atoms with van der Waals surface area (Å²) in [4.78, 5) is 15.5. The lowest BCUT2D eigenvalue weighted by Gasteiger charge is -2.29. The number of carbonyl (C=O) groups excluding carboxylic acids is 1. The van der Waals surface area contributed by atoms with Crippen LogP contribution in [0.25, 0.3) is 5.52 Å². The SMILES string of the molecule is N#C[C@@]1(c2ccc3c(NC4CCC(CC(=O)Cl)CC4)ncnn23)O[C@H](CO)[C@@H](O)[C@H]1O. The van der Waals surface area contributed by atoms with Crippen LogP contribution in [0.4, 0.5) is 5.82 Å². The molecule has 2 aliphatic rings. The number of fused-ring (bicyclic) bond motifs is 1. The number of ether oxygens (including phenoxy) is 1. The molecule has 0 bridgehead atoms. The molecular formula is C20H24ClN5O5. The standard InChI is InChI=1S/C20H24ClN5O5/c21-16(28)7-11-1-3-12(4-2-11)25-19-13-5-6-15(26(13)24-10-23-19)20(9-22)18(30)17(29)14(8-27)31-20/h5-6,10-12,14,17-18,27,29-30H,1-4,7-8H2,(H,23,24,25)/t11?,12?,14-,17-,18-,20+/m1/s1. The fraction of sp³-hybridized carbons (Fsp3) is 0.600. The third kappa shape index (κ3) is 3.88. The maximum absolute atomic E-state index is 11.1. The molecule has 0 aromatic carbocycles. The summed E-state index contributed by atoms with van der Waals surface area (Å²) in [6, 6.07) is 5.42. The number of aliphatic hydroxyl groups is 3. The van der Waals surface area contributed by atoms with E-state index in [-0.39, 0.29) is 17.0 Å². The van der Waals surface area contributed by atoms with Gasteiger partial charge in [0.05, 0.1) is 12.3 Å². The summed E-state index contributed by atoms with van der Waals surface area (Å²) >= 11 is 5.50. The van der Waals surface area contributed by atoms with E-state index in [1.54, 1.807) is 12.1 Å². The Bertz CT molecular complexity index is 1000. The Hall–Kier alpha value is -2.29. The minimum atomic E-state index is -1.88. The van der Waals surface area contributed by atoms with E-state index < -0.39 is 30.5 Å². The van der Waals surface area contributed by atoms with Crippen molar-refractivity contribution in [3.63, 3.8) is 0 Å². The Labute approximate surface area is 183 Å². The van der Waals surface area contributed by atoms with E-state index in [2.05, 4.69) is 15.4 Å². The minimum Gasteiger partial charge on any atom is -0.394 e. The summed E-state index contributed by atoms with van der Waals surface area (Å²) in [5, 5.41) is 47.3. The van der Waals surface area contributed by atoms with Gasteiger partial charge in [-0.15, -0.1) is 0 Å². The molecule has 4 atom stereocenters. The van der Waals surface area contributed by atoms with E-state index in [4.69, 9.17) is 16.3 Å². The first-order valence-corrected chi connectivity index (χ1v) is 10.6. The molecule has 0 amide bonds. The number of aromatic nitrogens is 3. The number of hydrogen-bond donors (Lipinski definition) is 4. The van der Waals surface area contributed by atoms with Crippen molar-refractivity contribution in [3.05, 3.63) is 24.2 Å². The Kier molecular flexibility index (Phi) is 6.14. The highest BCUT2D eigenvalue weighted by Crippen LogP contribution is 2.40. The monoisotopic (exact) mass is 449 g/mol. The highest BCUT2D eigenvalue weighted by atomic mass is 35.5. The second kappa shape index (κ2) is 8.68. The number of anilines is 1. The van der Waals surface area contributed by atoms with E-state index in [0.29, 0.717) is 23.7 Å². The van der Waals surface area contributed by atoms with Crippen molar-refractivity contribution in [1.82, 2.24) is 14.6 Å². The molecule has 166 valence electrons. The van der Waals surface area contributed by atoms with E-state index in [1.807, 2.05) is 6.07 Å². The second-order valence-corrected chi connectivity index (χ2v) is 8.59. The van der Waals surface area contributed by atoms with Crippen LogP contribution in [0.3, 0.4) is 0 Å². The molecule has 3 heterocycles. The van der Waals surface area contributed by atoms with Crippen LogP contribution < -0.4 is 5.32 Å². The van der Waals surface area contributed by atoms with Crippen molar-refractivity contribution in [2.75, 3.05) is 11.9 Å². The van der Waals surface area contributed by atoms with Gasteiger partial charge in [-0.1, -0.05) is 0 Å². The molecule has 0 unspecified atom stereocenters. The fourth-order valence-corrected chi connectivity index (χ4v) is 4.80. The summed E-state index contributed by atoms with van der Waals surface area (Å²) in [5.74, 6) is 0.869. The lowest BCUT2D eigenvalue weighted by Crippen LogP contribution is -2.41. The van der Waals surface area contributed by atoms with Crippen molar-refractivity contribution in [1.29, 1.82) is 5.26 Å². The first kappa shape index (κ1) is 21.9. The number of rotatable bonds is 6. The van der Waals surface area contributed by atoms with Gasteiger partial charge in [-0.3, -0.25) is 4.79 Å². The Balaban J connectivity index is 1.58. The number of halogens is 1. The Morgan fingerprint density at radius 2 is 2.10 bits per heavy atom. The van der Waals surface area contributed by atoms with Crippen LogP contribution in [0, 0.1) is 17.2 Å². The van der Waals surface area contributed by atoms with Crippen LogP contribution >= 0.6 is 11.6 Å². The van der Waals surface area contributed by atoms with Gasteiger partial charge in [-0.2, -0.15) is 10.4 Å². The molecule has 10 nitrogen and oxygen atoms in total. The van der Waals surface area contributed by atoms with Gasteiger partial charge in [0.1, 0.15) is 36.2 Å². The zero-order chi connectivity index (χ0) is 22.2. The molecule has 31 heavy (non-hydrogen) atoms. The summed E-state index contributed by atoms with van der Waals surface area (Å²) < 4.78 is 7.06. The zero-order valence-electron chi connectivity index (χ0n) is 16.7. The van der Waals surface area contributed by atoms with Crippen molar-refractivity contribution in [2.24, 2.45) is 5.92 Å². The third-order valence-electron chi connectivity index (χ3n) is 6.27. The van der Waals surface area contributed by atoms with Crippen molar-refractivity contribution in [3.8, 4) is 6.07 Å². The predicted octanol–water partition coefficient (Wildman–Crippen LogP) is 0.687. The highest BCUT2D eigenvalue weighted by Gasteiger charge is 2.57. The highest BCUT2D eigenvalue weighted by molar-refractivity contribution is 6.63. The number of aliphatic hydroxyl groups excluding tert-OH is 3. The van der Waals surface area contributed by atoms with E-state index in [0.717, 1.165) is 25.7 Å². The molecule has 4 rings (SSSR count). The smallest absolute Gasteiger partial charge is 0.225 e. The predicted molar refractivity (Wildman–Crippen MR) is 109 cm³/mol. The topological polar surface area (TPSA) is 153 Å². The summed E-state index contributed by atoms with van der Waals surface area (Å²) in [6.07, 6.45) is 1.19. The molecule has 1 aliphatic heterocycles. The van der Waals surface area contributed by atoms with Gasteiger partial charge in [0, 0.05) is 12.5 Å². The van der Waals surface area contributed by atoms with E-state index in [9.17, 15) is 25.4 Å². The van der Waals surface area contributed by atoms with E-state index >= 15 is 0 Å². The zero-order valence-corrected chi connectivity index (χ0v) is 17.4. The number of hydrogen-bond acceptors (Lipinski definition) is 9. The van der Waals surface area contributed by atoms with Crippen molar-refractivity contribution >= 4 is 28.2 Å². The molecule has 0 spiro atoms. The normalized spacial score (nSPS) is 33.3. The first-order chi connectivity index (χ1) is 14.9. The van der Waals surface area contributed by atoms with Gasteiger partial charge in [0.2, 0.25) is 10.8 Å². The van der Waals surface area contributed by atoms with Crippen LogP contribution in [-0.4, -0.2) is 66.1 Å². The molecule has 1 saturated carbocycles. The maximum Gasteiger partial charge on any atom is 0.225 e. The van der Waals surface area contributed by atoms with Gasteiger partial charge in [-0.05, 0) is 55.3 Å². The van der Waals surface area contributed by atoms with Gasteiger partial charge < -0.3 is 25.4 Å². The van der Waals surface area contributed by atoms with Crippen LogP contribution in [0.2, 0.25) is 0 Å². The molecule has 2 fully saturated rings. The van der Waals surface area contributed by atoms with Crippen LogP contribution in [-0.2, 0) is 15.1 Å². The van der Waals surface area contributed by atoms with Crippen molar-refractivity contribution < 1.29 is 24.9 Å². The molecule has 0 radical (unpaired) electrons. The molecule has 4 N–H and O–H groups in total. The summed E-state index contributed by atoms with van der Waals surface area (Å²) in [6.45, 7) is -0.537. The van der Waals surface area contributed by atoms with Gasteiger partial charge in [0.25, 0.3) is 0 Å². The van der Waals surface area contributed by atoms with Gasteiger partial charge >= 0.3 is 0 Å². The molecule has 2 aromatic rings. The van der Waals surface area contributed by atoms with Crippen LogP contribution in [0.5, 0.6) is 0 Å². The average Bonchev–Trinajstić information content (AvgIpc) is 3.30. The lowest BCUT2D eigenvalue weighted by molar-refractivity contribution is -0.112. The lowest BCUT2D eigenvalue weighted by atomic mass is 9.84. The van der Waals surface area contributed by atoms with Crippen LogP contribution in [0.1, 0.15) is 37.8 Å². The Morgan fingerprint density at radius 1 is 1.35 bits per heavy atom. The summed E-state index contributed by atoms with van der Waals surface area (Å²) in [7, 11) is 0. The molecule has 2 aromatic heterocycles. The van der Waals surface area contributed by atoms with E-state index in [1.165, 1.54) is 10.8 Å². The van der Waals surface area contributed by atoms with Crippen LogP contribution in [0.15, 0.2) is 18.5 Å². The number of carbonyl (C=O) groups is 1. The average molecular weight is 450 g/mol. The number of nitrogens with one attached hydrogen (secondary N) is 1. The van der Waals surface area contributed by atoms with Gasteiger partial charge in [-0.25, -0.2) is 9.50 Å². The first-order valence-electron chi connectivity index (χ1n) is 10.2. The molecule has 1 aliphatic carbocycles. The van der Waals surface area contributed by atoms with Gasteiger partial charge in [0.15, 0.2) is 5.82 Å². The number of nitriles is 1. The third-order valence-corrected chi connectivity index (χ3v) is 6.43. The summed E-state index contributed by atoms with van der Waals surface area (Å²) in [5.41, 5.74) is -1.05. The Morgan fingerprint density at radius 3 is 2.71 bits per heavy atom. The minimum absolute atomic E-state index is 0.164. The molecule has 11 heteroatoms. The second-order valence-electron chi connectivity index (χ2n) is 8.17. The largest absolute Gasteiger partial charge is 0.394 e. The maximum atomic E-state index is 11.1. The van der Waals surface area contributed by atoms with Crippen molar-refractivity contribution in [2.45, 2.75) is 62.1 Å². The quantitative estimate of drug-likeness (QED) is 0.466. The molecular weight excluding hydrogens is 426 g/mol.